The second-order valence-corrected chi connectivity index (χ2v) is 7.77. The fourth-order valence-corrected chi connectivity index (χ4v) is 4.37. The molecule has 3 heterocycles. The van der Waals surface area contributed by atoms with Crippen LogP contribution in [0.25, 0.3) is 10.8 Å². The Morgan fingerprint density at radius 1 is 1.08 bits per heavy atom. The second-order valence-electron chi connectivity index (χ2n) is 7.77. The van der Waals surface area contributed by atoms with Crippen molar-refractivity contribution < 1.29 is 4.74 Å². The predicted octanol–water partition coefficient (Wildman–Crippen LogP) is 4.76. The number of aliphatic imine (C=N–C) groups is 1. The fraction of sp³-hybridized carbons (Fsp3) is 0.273. The highest BCUT2D eigenvalue weighted by atomic mass is 16.5. The lowest BCUT2D eigenvalue weighted by molar-refractivity contribution is 0.0826. The Hall–Kier alpha value is -2.88. The van der Waals surface area contributed by atoms with Crippen molar-refractivity contribution >= 4 is 28.4 Å². The Morgan fingerprint density at radius 3 is 2.77 bits per heavy atom. The molecule has 2 aliphatic heterocycles. The van der Waals surface area contributed by atoms with E-state index in [0.717, 1.165) is 22.2 Å². The predicted molar refractivity (Wildman–Crippen MR) is 106 cm³/mol. The number of hydrogen-bond acceptors (Lipinski definition) is 4. The summed E-state index contributed by atoms with van der Waals surface area (Å²) in [6, 6.07) is 12.7. The molecule has 0 saturated carbocycles. The molecule has 4 nitrogen and oxygen atoms in total. The number of benzene rings is 2. The molecule has 2 aliphatic rings. The lowest BCUT2D eigenvalue weighted by Crippen LogP contribution is -2.61. The number of pyridine rings is 1. The highest BCUT2D eigenvalue weighted by molar-refractivity contribution is 5.99. The highest BCUT2D eigenvalue weighted by Gasteiger charge is 2.58. The minimum atomic E-state index is -0.642. The van der Waals surface area contributed by atoms with Crippen LogP contribution in [0, 0.1) is 6.92 Å². The standard InChI is InChI=1S/C22H21N3O/c1-14-5-7-18-17(11-14)21(2,3)22(25(18)4)13-24-20-16-9-10-23-12-15(16)6-8-19(20)26-22/h5-13H,1-4H3. The van der Waals surface area contributed by atoms with E-state index in [1.54, 1.807) is 6.20 Å². The van der Waals surface area contributed by atoms with Crippen LogP contribution >= 0.6 is 0 Å². The van der Waals surface area contributed by atoms with Crippen LogP contribution < -0.4 is 9.64 Å². The largest absolute Gasteiger partial charge is 0.459 e. The van der Waals surface area contributed by atoms with Crippen LogP contribution in [0.5, 0.6) is 5.75 Å². The Bertz CT molecular complexity index is 1090. The summed E-state index contributed by atoms with van der Waals surface area (Å²) in [4.78, 5) is 11.3. The molecule has 4 heteroatoms. The lowest BCUT2D eigenvalue weighted by Gasteiger charge is -2.45. The van der Waals surface area contributed by atoms with Gasteiger partial charge in [-0.15, -0.1) is 0 Å². The van der Waals surface area contributed by atoms with E-state index in [1.807, 2.05) is 24.5 Å². The summed E-state index contributed by atoms with van der Waals surface area (Å²) < 4.78 is 6.69. The minimum Gasteiger partial charge on any atom is -0.459 e. The molecule has 0 aliphatic carbocycles. The van der Waals surface area contributed by atoms with Crippen molar-refractivity contribution in [3.05, 3.63) is 59.9 Å². The Morgan fingerprint density at radius 2 is 1.92 bits per heavy atom. The molecular weight excluding hydrogens is 322 g/mol. The number of nitrogens with zero attached hydrogens (tertiary/aromatic N) is 3. The number of hydrogen-bond donors (Lipinski definition) is 0. The summed E-state index contributed by atoms with van der Waals surface area (Å²) in [6.45, 7) is 6.60. The van der Waals surface area contributed by atoms with Gasteiger partial charge in [0.25, 0.3) is 0 Å². The second kappa shape index (κ2) is 4.85. The fourth-order valence-electron chi connectivity index (χ4n) is 4.37. The molecule has 0 amide bonds. The maximum Gasteiger partial charge on any atom is 0.228 e. The number of aryl methyl sites for hydroxylation is 1. The monoisotopic (exact) mass is 343 g/mol. The number of rotatable bonds is 0. The van der Waals surface area contributed by atoms with Gasteiger partial charge in [-0.1, -0.05) is 17.7 Å². The molecule has 0 radical (unpaired) electrons. The molecule has 26 heavy (non-hydrogen) atoms. The first kappa shape index (κ1) is 15.4. The van der Waals surface area contributed by atoms with Gasteiger partial charge in [0.05, 0.1) is 11.6 Å². The molecular formula is C22H21N3O. The van der Waals surface area contributed by atoms with E-state index in [0.29, 0.717) is 0 Å². The number of ether oxygens (including phenoxy) is 1. The van der Waals surface area contributed by atoms with E-state index in [4.69, 9.17) is 9.73 Å². The molecule has 0 saturated heterocycles. The molecule has 2 aromatic carbocycles. The van der Waals surface area contributed by atoms with Crippen LogP contribution in [0.1, 0.15) is 25.0 Å². The Kier molecular flexibility index (Phi) is 2.87. The lowest BCUT2D eigenvalue weighted by atomic mass is 9.77. The molecule has 130 valence electrons. The van der Waals surface area contributed by atoms with E-state index >= 15 is 0 Å². The van der Waals surface area contributed by atoms with Crippen LogP contribution in [0.4, 0.5) is 11.4 Å². The molecule has 5 rings (SSSR count). The van der Waals surface area contributed by atoms with Crippen molar-refractivity contribution in [1.82, 2.24) is 4.98 Å². The molecule has 1 atom stereocenters. The maximum absolute atomic E-state index is 6.69. The molecule has 3 aromatic rings. The quantitative estimate of drug-likeness (QED) is 0.590. The van der Waals surface area contributed by atoms with E-state index in [2.05, 4.69) is 62.0 Å². The summed E-state index contributed by atoms with van der Waals surface area (Å²) >= 11 is 0. The van der Waals surface area contributed by atoms with Gasteiger partial charge >= 0.3 is 0 Å². The van der Waals surface area contributed by atoms with Crippen molar-refractivity contribution in [3.63, 3.8) is 0 Å². The van der Waals surface area contributed by atoms with Crippen molar-refractivity contribution in [3.8, 4) is 5.75 Å². The summed E-state index contributed by atoms with van der Waals surface area (Å²) in [7, 11) is 2.09. The molecule has 0 N–H and O–H groups in total. The smallest absolute Gasteiger partial charge is 0.228 e. The van der Waals surface area contributed by atoms with Gasteiger partial charge in [-0.05, 0) is 50.6 Å². The van der Waals surface area contributed by atoms with Gasteiger partial charge < -0.3 is 9.64 Å². The van der Waals surface area contributed by atoms with Gasteiger partial charge in [-0.3, -0.25) is 9.98 Å². The van der Waals surface area contributed by atoms with E-state index in [-0.39, 0.29) is 5.41 Å². The van der Waals surface area contributed by atoms with Gasteiger partial charge in [0.1, 0.15) is 11.4 Å². The third-order valence-electron chi connectivity index (χ3n) is 5.97. The summed E-state index contributed by atoms with van der Waals surface area (Å²) in [5.41, 5.74) is 3.75. The average Bonchev–Trinajstić information content (AvgIpc) is 2.80. The summed E-state index contributed by atoms with van der Waals surface area (Å²) in [5, 5.41) is 2.14. The average molecular weight is 343 g/mol. The molecule has 0 fully saturated rings. The Labute approximate surface area is 153 Å². The third-order valence-corrected chi connectivity index (χ3v) is 5.97. The highest BCUT2D eigenvalue weighted by Crippen LogP contribution is 2.54. The number of aromatic nitrogens is 1. The minimum absolute atomic E-state index is 0.239. The van der Waals surface area contributed by atoms with Crippen molar-refractivity contribution in [2.75, 3.05) is 11.9 Å². The SMILES string of the molecule is Cc1ccc2c(c1)C(C)(C)C1(C=Nc3c(ccc4cnccc34)O1)N2C. The zero-order valence-corrected chi connectivity index (χ0v) is 15.4. The summed E-state index contributed by atoms with van der Waals surface area (Å²) in [6.07, 6.45) is 5.64. The topological polar surface area (TPSA) is 37.7 Å². The number of likely N-dealkylation sites (N-methyl/N-ethyl adjacent to an activating group) is 1. The van der Waals surface area contributed by atoms with E-state index < -0.39 is 5.72 Å². The van der Waals surface area contributed by atoms with Gasteiger partial charge in [0.2, 0.25) is 5.72 Å². The van der Waals surface area contributed by atoms with Gasteiger partial charge in [0.15, 0.2) is 0 Å². The van der Waals surface area contributed by atoms with Crippen molar-refractivity contribution in [2.45, 2.75) is 31.9 Å². The Balaban J connectivity index is 1.71. The number of anilines is 1. The first-order chi connectivity index (χ1) is 12.4. The zero-order chi connectivity index (χ0) is 18.1. The molecule has 1 spiro atoms. The normalized spacial score (nSPS) is 22.4. The van der Waals surface area contributed by atoms with E-state index in [9.17, 15) is 0 Å². The van der Waals surface area contributed by atoms with Crippen LogP contribution in [0.15, 0.2) is 53.8 Å². The number of fused-ring (bicyclic) bond motifs is 4. The first-order valence-corrected chi connectivity index (χ1v) is 8.90. The van der Waals surface area contributed by atoms with E-state index in [1.165, 1.54) is 16.8 Å². The van der Waals surface area contributed by atoms with Crippen molar-refractivity contribution in [2.24, 2.45) is 4.99 Å². The molecule has 1 aromatic heterocycles. The van der Waals surface area contributed by atoms with Gasteiger partial charge in [-0.25, -0.2) is 0 Å². The van der Waals surface area contributed by atoms with Crippen molar-refractivity contribution in [1.29, 1.82) is 0 Å². The zero-order valence-electron chi connectivity index (χ0n) is 15.4. The van der Waals surface area contributed by atoms with Gasteiger partial charge in [-0.2, -0.15) is 0 Å². The van der Waals surface area contributed by atoms with Crippen LogP contribution in [0.2, 0.25) is 0 Å². The van der Waals surface area contributed by atoms with Crippen LogP contribution in [-0.4, -0.2) is 24.0 Å². The maximum atomic E-state index is 6.69. The molecule has 1 unspecified atom stereocenters. The van der Waals surface area contributed by atoms with Gasteiger partial charge in [0, 0.05) is 35.9 Å². The first-order valence-electron chi connectivity index (χ1n) is 8.90. The molecule has 0 bridgehead atoms. The van der Waals surface area contributed by atoms with Crippen LogP contribution in [0.3, 0.4) is 0 Å². The summed E-state index contributed by atoms with van der Waals surface area (Å²) in [5.74, 6) is 0.815. The van der Waals surface area contributed by atoms with Crippen LogP contribution in [-0.2, 0) is 5.41 Å². The third kappa shape index (κ3) is 1.74.